The molecule has 3 aromatic carbocycles. The van der Waals surface area contributed by atoms with E-state index in [9.17, 15) is 15.0 Å². The summed E-state index contributed by atoms with van der Waals surface area (Å²) in [5, 5.41) is 21.4. The summed E-state index contributed by atoms with van der Waals surface area (Å²) in [5.74, 6) is -0.0546. The van der Waals surface area contributed by atoms with Crippen LogP contribution in [0.1, 0.15) is 81.4 Å². The average Bonchev–Trinajstić information content (AvgIpc) is 3.61. The van der Waals surface area contributed by atoms with Crippen molar-refractivity contribution in [2.75, 3.05) is 37.8 Å². The van der Waals surface area contributed by atoms with Crippen LogP contribution in [0.2, 0.25) is 0 Å². The van der Waals surface area contributed by atoms with E-state index < -0.39 is 17.7 Å². The Kier molecular flexibility index (Phi) is 12.5. The number of anilines is 1. The van der Waals surface area contributed by atoms with Crippen molar-refractivity contribution in [2.45, 2.75) is 98.2 Å². The number of fused-ring (bicyclic) bond motifs is 1. The molecule has 0 amide bonds. The van der Waals surface area contributed by atoms with Gasteiger partial charge in [-0.05, 0) is 108 Å². The van der Waals surface area contributed by atoms with Gasteiger partial charge in [-0.2, -0.15) is 0 Å². The number of aryl methyl sites for hydroxylation is 2. The van der Waals surface area contributed by atoms with Gasteiger partial charge in [0, 0.05) is 36.0 Å². The van der Waals surface area contributed by atoms with Crippen molar-refractivity contribution in [1.29, 1.82) is 0 Å². The summed E-state index contributed by atoms with van der Waals surface area (Å²) < 4.78 is 26.7. The number of hydrogen-bond acceptors (Lipinski definition) is 8. The first-order valence-electron chi connectivity index (χ1n) is 19.6. The lowest BCUT2D eigenvalue weighted by atomic mass is 9.92. The summed E-state index contributed by atoms with van der Waals surface area (Å²) >= 11 is 0. The molecule has 5 aromatic rings. The van der Waals surface area contributed by atoms with Gasteiger partial charge in [-0.25, -0.2) is 9.78 Å². The number of phenolic OH excluding ortho intramolecular Hbond substituents is 1. The standard InChI is InChI=1S/C46H57N3O7/c1-30-17-18-37(39(50)25-30)35-15-12-16-36(26-35)38-27-49-42(47-38)33(4)32(3)40(41(44(51)52)56-45(5,6)7)43(49)48-21-19-46(8,20-22-48)55-24-23-53-28-31(2)54-29-34-13-10-9-11-14-34/h9-18,25-27,31,41,50H,19-24,28-29H2,1-8H3,(H,51,52)/t31-,41+/m1/s1. The number of aliphatic carboxylic acids is 1. The highest BCUT2D eigenvalue weighted by atomic mass is 16.6. The van der Waals surface area contributed by atoms with Crippen molar-refractivity contribution in [1.82, 2.24) is 9.38 Å². The van der Waals surface area contributed by atoms with Crippen LogP contribution in [0, 0.1) is 20.8 Å². The first-order valence-corrected chi connectivity index (χ1v) is 19.6. The van der Waals surface area contributed by atoms with Crippen LogP contribution < -0.4 is 4.90 Å². The number of ether oxygens (including phenoxy) is 4. The third-order valence-electron chi connectivity index (χ3n) is 10.6. The molecule has 3 heterocycles. The molecule has 1 aliphatic rings. The fourth-order valence-corrected chi connectivity index (χ4v) is 7.36. The number of carboxylic acid groups (broad SMARTS) is 1. The highest BCUT2D eigenvalue weighted by Gasteiger charge is 2.38. The van der Waals surface area contributed by atoms with Gasteiger partial charge in [0.25, 0.3) is 0 Å². The van der Waals surface area contributed by atoms with E-state index in [2.05, 4.69) is 11.8 Å². The van der Waals surface area contributed by atoms with Gasteiger partial charge >= 0.3 is 5.97 Å². The van der Waals surface area contributed by atoms with E-state index in [1.807, 2.05) is 126 Å². The smallest absolute Gasteiger partial charge is 0.337 e. The number of phenols is 1. The van der Waals surface area contributed by atoms with Crippen LogP contribution in [-0.4, -0.2) is 75.8 Å². The zero-order chi connectivity index (χ0) is 40.2. The number of nitrogens with zero attached hydrogens (tertiary/aromatic N) is 3. The van der Waals surface area contributed by atoms with E-state index in [4.69, 9.17) is 23.9 Å². The highest BCUT2D eigenvalue weighted by molar-refractivity contribution is 5.81. The Morgan fingerprint density at radius 1 is 0.929 bits per heavy atom. The second kappa shape index (κ2) is 17.2. The number of pyridine rings is 1. The lowest BCUT2D eigenvalue weighted by Gasteiger charge is -2.42. The van der Waals surface area contributed by atoms with Gasteiger partial charge in [0.2, 0.25) is 0 Å². The van der Waals surface area contributed by atoms with E-state index >= 15 is 0 Å². The van der Waals surface area contributed by atoms with Crippen LogP contribution in [0.15, 0.2) is 79.0 Å². The second-order valence-electron chi connectivity index (χ2n) is 16.3. The van der Waals surface area contributed by atoms with Gasteiger partial charge in [0.05, 0.1) is 49.4 Å². The van der Waals surface area contributed by atoms with Crippen molar-refractivity contribution in [3.63, 3.8) is 0 Å². The fraction of sp³-hybridized carbons (Fsp3) is 0.435. The van der Waals surface area contributed by atoms with Crippen molar-refractivity contribution < 1.29 is 34.0 Å². The van der Waals surface area contributed by atoms with E-state index in [0.717, 1.165) is 68.9 Å². The largest absolute Gasteiger partial charge is 0.507 e. The molecular formula is C46H57N3O7. The van der Waals surface area contributed by atoms with Gasteiger partial charge in [-0.15, -0.1) is 0 Å². The van der Waals surface area contributed by atoms with Crippen LogP contribution in [0.25, 0.3) is 28.0 Å². The summed E-state index contributed by atoms with van der Waals surface area (Å²) in [5.41, 5.74) is 7.39. The molecule has 2 N–H and O–H groups in total. The minimum absolute atomic E-state index is 0.0378. The Morgan fingerprint density at radius 3 is 2.32 bits per heavy atom. The van der Waals surface area contributed by atoms with Crippen LogP contribution in [0.5, 0.6) is 5.75 Å². The molecule has 1 fully saturated rings. The van der Waals surface area contributed by atoms with Crippen LogP contribution in [-0.2, 0) is 30.3 Å². The lowest BCUT2D eigenvalue weighted by Crippen LogP contribution is -2.46. The highest BCUT2D eigenvalue weighted by Crippen LogP contribution is 2.41. The molecule has 1 saturated heterocycles. The summed E-state index contributed by atoms with van der Waals surface area (Å²) in [6.07, 6.45) is 2.23. The van der Waals surface area contributed by atoms with Crippen LogP contribution in [0.4, 0.5) is 5.82 Å². The zero-order valence-corrected chi connectivity index (χ0v) is 34.1. The third-order valence-corrected chi connectivity index (χ3v) is 10.6. The monoisotopic (exact) mass is 763 g/mol. The number of carbonyl (C=O) groups is 1. The SMILES string of the molecule is Cc1ccc(-c2cccc(-c3cn4c(N5CCC(C)(OCCOC[C@@H](C)OCc6ccccc6)CC5)c([C@H](OC(C)(C)C)C(=O)O)c(C)c(C)c4n3)c2)c(O)c1. The molecule has 0 radical (unpaired) electrons. The number of imidazole rings is 1. The first-order chi connectivity index (χ1) is 26.6. The van der Waals surface area contributed by atoms with Gasteiger partial charge in [0.15, 0.2) is 6.10 Å². The van der Waals surface area contributed by atoms with Crippen molar-refractivity contribution in [3.8, 4) is 28.1 Å². The molecule has 2 aromatic heterocycles. The molecule has 0 bridgehead atoms. The van der Waals surface area contributed by atoms with Crippen molar-refractivity contribution in [3.05, 3.63) is 107 Å². The maximum atomic E-state index is 13.0. The molecule has 6 rings (SSSR count). The molecule has 2 atom stereocenters. The van der Waals surface area contributed by atoms with Gasteiger partial charge in [0.1, 0.15) is 17.2 Å². The van der Waals surface area contributed by atoms with Gasteiger partial charge < -0.3 is 34.1 Å². The minimum atomic E-state index is -1.20. The van der Waals surface area contributed by atoms with E-state index in [1.54, 1.807) is 6.07 Å². The Morgan fingerprint density at radius 2 is 1.64 bits per heavy atom. The molecule has 1 aliphatic heterocycles. The Labute approximate surface area is 331 Å². The number of carboxylic acids is 1. The molecule has 10 heteroatoms. The minimum Gasteiger partial charge on any atom is -0.507 e. The van der Waals surface area contributed by atoms with E-state index in [-0.39, 0.29) is 17.5 Å². The maximum absolute atomic E-state index is 13.0. The maximum Gasteiger partial charge on any atom is 0.337 e. The quantitative estimate of drug-likeness (QED) is 0.101. The number of piperidine rings is 1. The number of rotatable bonds is 15. The molecular weight excluding hydrogens is 707 g/mol. The van der Waals surface area contributed by atoms with Crippen molar-refractivity contribution in [2.24, 2.45) is 0 Å². The first kappa shape index (κ1) is 40.9. The lowest BCUT2D eigenvalue weighted by molar-refractivity contribution is -0.160. The third kappa shape index (κ3) is 9.61. The van der Waals surface area contributed by atoms with E-state index in [0.29, 0.717) is 45.1 Å². The van der Waals surface area contributed by atoms with Crippen molar-refractivity contribution >= 4 is 17.4 Å². The molecule has 0 spiro atoms. The molecule has 0 aliphatic carbocycles. The number of hydrogen-bond donors (Lipinski definition) is 2. The predicted octanol–water partition coefficient (Wildman–Crippen LogP) is 9.24. The summed E-state index contributed by atoms with van der Waals surface area (Å²) in [6.45, 7) is 18.9. The van der Waals surface area contributed by atoms with Gasteiger partial charge in [-0.1, -0.05) is 60.7 Å². The van der Waals surface area contributed by atoms with Crippen LogP contribution in [0.3, 0.4) is 0 Å². The molecule has 298 valence electrons. The normalized spacial score (nSPS) is 15.6. The second-order valence-corrected chi connectivity index (χ2v) is 16.3. The zero-order valence-electron chi connectivity index (χ0n) is 34.1. The molecule has 0 saturated carbocycles. The Bertz CT molecular complexity index is 2130. The summed E-state index contributed by atoms with van der Waals surface area (Å²) in [7, 11) is 0. The molecule has 0 unspecified atom stereocenters. The Balaban J connectivity index is 1.24. The molecule has 10 nitrogen and oxygen atoms in total. The number of aromatic nitrogens is 2. The summed E-state index contributed by atoms with van der Waals surface area (Å²) in [6, 6.07) is 23.8. The molecule has 56 heavy (non-hydrogen) atoms. The predicted molar refractivity (Wildman–Crippen MR) is 220 cm³/mol. The van der Waals surface area contributed by atoms with E-state index in [1.165, 1.54) is 0 Å². The average molecular weight is 764 g/mol. The number of aromatic hydroxyl groups is 1. The topological polar surface area (TPSA) is 115 Å². The fourth-order valence-electron chi connectivity index (χ4n) is 7.36. The number of benzene rings is 3. The Hall–Kier alpha value is -4.74. The van der Waals surface area contributed by atoms with Crippen LogP contribution >= 0.6 is 0 Å². The van der Waals surface area contributed by atoms with Gasteiger partial charge in [-0.3, -0.25) is 4.40 Å². The summed E-state index contributed by atoms with van der Waals surface area (Å²) in [4.78, 5) is 20.5.